The molecule has 0 bridgehead atoms. The second-order valence-electron chi connectivity index (χ2n) is 3.76. The molecule has 0 fully saturated rings. The molecule has 84 valence electrons. The standard InChI is InChI=1S/C8H15F3N2O/c1-7(2,5-12)13(3)6(14)4-8(9,10)11/h4-5,12H2,1-3H3. The number of rotatable bonds is 3. The van der Waals surface area contributed by atoms with Crippen LogP contribution in [-0.2, 0) is 4.79 Å². The van der Waals surface area contributed by atoms with Crippen molar-refractivity contribution in [2.75, 3.05) is 13.6 Å². The van der Waals surface area contributed by atoms with E-state index in [1.807, 2.05) is 0 Å². The van der Waals surface area contributed by atoms with E-state index in [-0.39, 0.29) is 6.54 Å². The Labute approximate surface area is 81.1 Å². The maximum absolute atomic E-state index is 11.9. The molecule has 0 unspecified atom stereocenters. The number of hydrogen-bond donors (Lipinski definition) is 1. The first-order chi connectivity index (χ1) is 6.10. The van der Waals surface area contributed by atoms with Crippen molar-refractivity contribution in [1.29, 1.82) is 0 Å². The number of amides is 1. The molecule has 0 aliphatic heterocycles. The lowest BCUT2D eigenvalue weighted by Gasteiger charge is -2.34. The predicted octanol–water partition coefficient (Wildman–Crippen LogP) is 1.13. The highest BCUT2D eigenvalue weighted by Crippen LogP contribution is 2.22. The molecule has 0 aromatic carbocycles. The van der Waals surface area contributed by atoms with Crippen LogP contribution >= 0.6 is 0 Å². The number of nitrogens with zero attached hydrogens (tertiary/aromatic N) is 1. The van der Waals surface area contributed by atoms with Gasteiger partial charge in [-0.15, -0.1) is 0 Å². The van der Waals surface area contributed by atoms with Gasteiger partial charge in [-0.1, -0.05) is 0 Å². The average molecular weight is 212 g/mol. The normalized spacial score (nSPS) is 12.8. The Morgan fingerprint density at radius 2 is 1.79 bits per heavy atom. The predicted molar refractivity (Wildman–Crippen MR) is 46.6 cm³/mol. The van der Waals surface area contributed by atoms with E-state index in [2.05, 4.69) is 0 Å². The molecule has 0 aromatic rings. The van der Waals surface area contributed by atoms with Crippen LogP contribution in [0.3, 0.4) is 0 Å². The van der Waals surface area contributed by atoms with Crippen molar-refractivity contribution in [3.05, 3.63) is 0 Å². The summed E-state index contributed by atoms with van der Waals surface area (Å²) in [4.78, 5) is 12.1. The SMILES string of the molecule is CN(C(=O)CC(F)(F)F)C(C)(C)CN. The number of carbonyl (C=O) groups excluding carboxylic acids is 1. The highest BCUT2D eigenvalue weighted by molar-refractivity contribution is 5.77. The zero-order chi connectivity index (χ0) is 11.6. The summed E-state index contributed by atoms with van der Waals surface area (Å²) >= 11 is 0. The molecule has 0 heterocycles. The summed E-state index contributed by atoms with van der Waals surface area (Å²) in [5.74, 6) is -0.965. The summed E-state index contributed by atoms with van der Waals surface area (Å²) in [6.07, 6.45) is -5.90. The van der Waals surface area contributed by atoms with Gasteiger partial charge in [-0.3, -0.25) is 4.79 Å². The Bertz CT molecular complexity index is 213. The van der Waals surface area contributed by atoms with Crippen molar-refractivity contribution >= 4 is 5.91 Å². The molecule has 0 aliphatic carbocycles. The third kappa shape index (κ3) is 3.95. The zero-order valence-electron chi connectivity index (χ0n) is 8.48. The van der Waals surface area contributed by atoms with Crippen molar-refractivity contribution in [3.8, 4) is 0 Å². The second kappa shape index (κ2) is 4.16. The number of nitrogens with two attached hydrogens (primary N) is 1. The van der Waals surface area contributed by atoms with Gasteiger partial charge in [0.1, 0.15) is 6.42 Å². The number of carbonyl (C=O) groups is 1. The highest BCUT2D eigenvalue weighted by Gasteiger charge is 2.36. The topological polar surface area (TPSA) is 46.3 Å². The number of halogens is 3. The maximum Gasteiger partial charge on any atom is 0.397 e. The summed E-state index contributed by atoms with van der Waals surface area (Å²) in [5.41, 5.74) is 4.59. The van der Waals surface area contributed by atoms with E-state index >= 15 is 0 Å². The summed E-state index contributed by atoms with van der Waals surface area (Å²) in [6.45, 7) is 3.34. The summed E-state index contributed by atoms with van der Waals surface area (Å²) in [5, 5.41) is 0. The largest absolute Gasteiger partial charge is 0.397 e. The number of hydrogen-bond acceptors (Lipinski definition) is 2. The van der Waals surface area contributed by atoms with E-state index in [0.29, 0.717) is 0 Å². The van der Waals surface area contributed by atoms with E-state index in [9.17, 15) is 18.0 Å². The van der Waals surface area contributed by atoms with Gasteiger partial charge in [0.25, 0.3) is 0 Å². The molecule has 0 radical (unpaired) electrons. The van der Waals surface area contributed by atoms with Crippen LogP contribution in [-0.4, -0.2) is 36.1 Å². The molecule has 0 rings (SSSR count). The van der Waals surface area contributed by atoms with Gasteiger partial charge in [-0.2, -0.15) is 13.2 Å². The Kier molecular flexibility index (Phi) is 3.93. The third-order valence-corrected chi connectivity index (χ3v) is 2.13. The van der Waals surface area contributed by atoms with E-state index in [4.69, 9.17) is 5.73 Å². The van der Waals surface area contributed by atoms with Crippen molar-refractivity contribution < 1.29 is 18.0 Å². The van der Waals surface area contributed by atoms with E-state index in [1.54, 1.807) is 13.8 Å². The summed E-state index contributed by atoms with van der Waals surface area (Å²) in [7, 11) is 1.32. The van der Waals surface area contributed by atoms with Crippen LogP contribution in [0.4, 0.5) is 13.2 Å². The molecule has 6 heteroatoms. The van der Waals surface area contributed by atoms with Gasteiger partial charge in [0.05, 0.1) is 0 Å². The third-order valence-electron chi connectivity index (χ3n) is 2.13. The van der Waals surface area contributed by atoms with Crippen molar-refractivity contribution in [1.82, 2.24) is 4.90 Å². The van der Waals surface area contributed by atoms with Crippen molar-refractivity contribution in [3.63, 3.8) is 0 Å². The minimum Gasteiger partial charge on any atom is -0.339 e. The Hall–Kier alpha value is -0.780. The molecule has 0 spiro atoms. The van der Waals surface area contributed by atoms with E-state index < -0.39 is 24.0 Å². The van der Waals surface area contributed by atoms with Gasteiger partial charge in [0.2, 0.25) is 5.91 Å². The molecule has 2 N–H and O–H groups in total. The number of likely N-dealkylation sites (N-methyl/N-ethyl adjacent to an activating group) is 1. The zero-order valence-corrected chi connectivity index (χ0v) is 8.48. The number of alkyl halides is 3. The van der Waals surface area contributed by atoms with Gasteiger partial charge in [-0.25, -0.2) is 0 Å². The quantitative estimate of drug-likeness (QED) is 0.762. The fourth-order valence-corrected chi connectivity index (χ4v) is 0.765. The van der Waals surface area contributed by atoms with Crippen LogP contribution in [0.15, 0.2) is 0 Å². The first-order valence-corrected chi connectivity index (χ1v) is 4.13. The van der Waals surface area contributed by atoms with Crippen LogP contribution in [0.2, 0.25) is 0 Å². The minimum atomic E-state index is -4.46. The van der Waals surface area contributed by atoms with Crippen LogP contribution in [0.25, 0.3) is 0 Å². The molecule has 14 heavy (non-hydrogen) atoms. The summed E-state index contributed by atoms with van der Waals surface area (Å²) in [6, 6.07) is 0. The highest BCUT2D eigenvalue weighted by atomic mass is 19.4. The molecular weight excluding hydrogens is 197 g/mol. The molecular formula is C8H15F3N2O. The molecule has 0 saturated heterocycles. The summed E-state index contributed by atoms with van der Waals surface area (Å²) < 4.78 is 35.6. The lowest BCUT2D eigenvalue weighted by Crippen LogP contribution is -2.50. The van der Waals surface area contributed by atoms with Crippen LogP contribution in [0, 0.1) is 0 Å². The molecule has 0 aromatic heterocycles. The Balaban J connectivity index is 4.41. The molecule has 3 nitrogen and oxygen atoms in total. The lowest BCUT2D eigenvalue weighted by molar-refractivity contribution is -0.163. The van der Waals surface area contributed by atoms with Crippen LogP contribution < -0.4 is 5.73 Å². The monoisotopic (exact) mass is 212 g/mol. The van der Waals surface area contributed by atoms with Crippen LogP contribution in [0.5, 0.6) is 0 Å². The van der Waals surface area contributed by atoms with Gasteiger partial charge in [0.15, 0.2) is 0 Å². The minimum absolute atomic E-state index is 0.118. The molecule has 0 saturated carbocycles. The molecule has 0 atom stereocenters. The average Bonchev–Trinajstić information content (AvgIpc) is 2.00. The molecule has 0 aliphatic rings. The van der Waals surface area contributed by atoms with Gasteiger partial charge >= 0.3 is 6.18 Å². The second-order valence-corrected chi connectivity index (χ2v) is 3.76. The van der Waals surface area contributed by atoms with Crippen molar-refractivity contribution in [2.45, 2.75) is 32.0 Å². The van der Waals surface area contributed by atoms with E-state index in [0.717, 1.165) is 4.90 Å². The van der Waals surface area contributed by atoms with Gasteiger partial charge < -0.3 is 10.6 Å². The van der Waals surface area contributed by atoms with Gasteiger partial charge in [0, 0.05) is 19.1 Å². The van der Waals surface area contributed by atoms with Crippen LogP contribution in [0.1, 0.15) is 20.3 Å². The molecule has 1 amide bonds. The van der Waals surface area contributed by atoms with Crippen molar-refractivity contribution in [2.24, 2.45) is 5.73 Å². The van der Waals surface area contributed by atoms with Gasteiger partial charge in [-0.05, 0) is 13.8 Å². The maximum atomic E-state index is 11.9. The smallest absolute Gasteiger partial charge is 0.339 e. The first kappa shape index (κ1) is 13.2. The Morgan fingerprint density at radius 1 is 1.36 bits per heavy atom. The Morgan fingerprint density at radius 3 is 2.07 bits per heavy atom. The lowest BCUT2D eigenvalue weighted by atomic mass is 10.0. The van der Waals surface area contributed by atoms with E-state index in [1.165, 1.54) is 7.05 Å². The fraction of sp³-hybridized carbons (Fsp3) is 0.875. The first-order valence-electron chi connectivity index (χ1n) is 4.13. The fourth-order valence-electron chi connectivity index (χ4n) is 0.765.